The molecule has 0 aromatic heterocycles. The number of nitro groups is 1. The van der Waals surface area contributed by atoms with Crippen LogP contribution in [-0.4, -0.2) is 23.2 Å². The third-order valence-electron chi connectivity index (χ3n) is 2.98. The fourth-order valence-corrected chi connectivity index (χ4v) is 1.87. The van der Waals surface area contributed by atoms with Crippen LogP contribution in [0.25, 0.3) is 0 Å². The van der Waals surface area contributed by atoms with Crippen LogP contribution in [0.3, 0.4) is 0 Å². The van der Waals surface area contributed by atoms with Gasteiger partial charge in [0.1, 0.15) is 0 Å². The zero-order chi connectivity index (χ0) is 13.5. The van der Waals surface area contributed by atoms with Crippen molar-refractivity contribution < 1.29 is 10.0 Å². The number of nitro benzene ring substituents is 1. The van der Waals surface area contributed by atoms with Gasteiger partial charge >= 0.3 is 0 Å². The van der Waals surface area contributed by atoms with Gasteiger partial charge in [-0.3, -0.25) is 10.1 Å². The van der Waals surface area contributed by atoms with E-state index >= 15 is 0 Å². The highest BCUT2D eigenvalue weighted by Crippen LogP contribution is 2.21. The molecular formula is C13H20N2O3. The van der Waals surface area contributed by atoms with Gasteiger partial charge in [-0.25, -0.2) is 0 Å². The third-order valence-corrected chi connectivity index (χ3v) is 2.98. The van der Waals surface area contributed by atoms with Crippen molar-refractivity contribution in [3.05, 3.63) is 33.9 Å². The minimum absolute atomic E-state index is 0.104. The molecule has 5 heteroatoms. The minimum atomic E-state index is -0.386. The van der Waals surface area contributed by atoms with E-state index in [0.29, 0.717) is 5.92 Å². The van der Waals surface area contributed by atoms with Gasteiger partial charge in [-0.1, -0.05) is 13.3 Å². The van der Waals surface area contributed by atoms with E-state index in [4.69, 9.17) is 5.11 Å². The number of nitrogens with zero attached hydrogens (tertiary/aromatic N) is 1. The van der Waals surface area contributed by atoms with E-state index in [2.05, 4.69) is 12.2 Å². The molecule has 0 amide bonds. The molecule has 0 fully saturated rings. The Morgan fingerprint density at radius 3 is 2.72 bits per heavy atom. The molecule has 0 aliphatic carbocycles. The summed E-state index contributed by atoms with van der Waals surface area (Å²) >= 11 is 0. The molecule has 0 radical (unpaired) electrons. The molecule has 0 aliphatic rings. The number of hydrogen-bond acceptors (Lipinski definition) is 4. The highest BCUT2D eigenvalue weighted by Gasteiger charge is 2.09. The first-order valence-electron chi connectivity index (χ1n) is 6.17. The fourth-order valence-electron chi connectivity index (χ4n) is 1.87. The summed E-state index contributed by atoms with van der Waals surface area (Å²) in [6.07, 6.45) is 1.72. The maximum absolute atomic E-state index is 10.7. The molecular weight excluding hydrogens is 232 g/mol. The lowest BCUT2D eigenvalue weighted by Gasteiger charge is -2.15. The van der Waals surface area contributed by atoms with Crippen molar-refractivity contribution >= 4 is 11.4 Å². The molecule has 0 aliphatic heterocycles. The quantitative estimate of drug-likeness (QED) is 0.578. The van der Waals surface area contributed by atoms with E-state index in [1.807, 2.05) is 13.0 Å². The summed E-state index contributed by atoms with van der Waals surface area (Å²) < 4.78 is 0. The van der Waals surface area contributed by atoms with Gasteiger partial charge in [0.25, 0.3) is 5.69 Å². The Morgan fingerprint density at radius 2 is 2.17 bits per heavy atom. The second-order valence-corrected chi connectivity index (χ2v) is 4.48. The molecule has 0 heterocycles. The first-order valence-corrected chi connectivity index (χ1v) is 6.17. The second kappa shape index (κ2) is 6.96. The van der Waals surface area contributed by atoms with Gasteiger partial charge in [0.2, 0.25) is 0 Å². The number of aryl methyl sites for hydroxylation is 1. The third kappa shape index (κ3) is 4.33. The Kier molecular flexibility index (Phi) is 5.58. The first-order chi connectivity index (χ1) is 8.56. The van der Waals surface area contributed by atoms with Crippen molar-refractivity contribution in [2.75, 3.05) is 18.5 Å². The van der Waals surface area contributed by atoms with Gasteiger partial charge in [0.05, 0.1) is 4.92 Å². The van der Waals surface area contributed by atoms with Gasteiger partial charge in [-0.15, -0.1) is 0 Å². The Bertz CT molecular complexity index is 407. The van der Waals surface area contributed by atoms with Crippen LogP contribution in [0.15, 0.2) is 18.2 Å². The molecule has 0 bridgehead atoms. The van der Waals surface area contributed by atoms with Crippen molar-refractivity contribution in [2.24, 2.45) is 5.92 Å². The molecule has 5 nitrogen and oxygen atoms in total. The van der Waals surface area contributed by atoms with Crippen molar-refractivity contribution in [1.29, 1.82) is 0 Å². The fraction of sp³-hybridized carbons (Fsp3) is 0.538. The van der Waals surface area contributed by atoms with Gasteiger partial charge in [0.15, 0.2) is 0 Å². The molecule has 2 N–H and O–H groups in total. The predicted molar refractivity (Wildman–Crippen MR) is 71.8 cm³/mol. The highest BCUT2D eigenvalue weighted by atomic mass is 16.6. The summed E-state index contributed by atoms with van der Waals surface area (Å²) in [7, 11) is 0. The summed E-state index contributed by atoms with van der Waals surface area (Å²) in [4.78, 5) is 10.4. The number of nitrogens with one attached hydrogen (secondary N) is 1. The molecule has 0 saturated heterocycles. The van der Waals surface area contributed by atoms with E-state index in [0.717, 1.165) is 30.6 Å². The molecule has 18 heavy (non-hydrogen) atoms. The maximum atomic E-state index is 10.7. The largest absolute Gasteiger partial charge is 0.396 e. The number of hydrogen-bond donors (Lipinski definition) is 2. The average Bonchev–Trinajstić information content (AvgIpc) is 2.33. The standard InChI is InChI=1S/C13H20N2O3/c1-3-11(4-5-16)9-14-12-6-10(2)7-13(8-12)15(17)18/h6-8,11,14,16H,3-5,9H2,1-2H3. The van der Waals surface area contributed by atoms with Crippen molar-refractivity contribution in [3.8, 4) is 0 Å². The molecule has 100 valence electrons. The number of aliphatic hydroxyl groups is 1. The average molecular weight is 252 g/mol. The Balaban J connectivity index is 2.69. The normalized spacial score (nSPS) is 12.2. The molecule has 0 spiro atoms. The second-order valence-electron chi connectivity index (χ2n) is 4.48. The lowest BCUT2D eigenvalue weighted by atomic mass is 10.0. The van der Waals surface area contributed by atoms with Crippen molar-refractivity contribution in [1.82, 2.24) is 0 Å². The molecule has 0 saturated carbocycles. The van der Waals surface area contributed by atoms with Crippen molar-refractivity contribution in [2.45, 2.75) is 26.7 Å². The zero-order valence-electron chi connectivity index (χ0n) is 10.8. The topological polar surface area (TPSA) is 75.4 Å². The highest BCUT2D eigenvalue weighted by molar-refractivity contribution is 5.53. The Morgan fingerprint density at radius 1 is 1.44 bits per heavy atom. The van der Waals surface area contributed by atoms with E-state index in [1.165, 1.54) is 0 Å². The SMILES string of the molecule is CCC(CCO)CNc1cc(C)cc([N+](=O)[O-])c1. The number of anilines is 1. The van der Waals surface area contributed by atoms with Crippen LogP contribution >= 0.6 is 0 Å². The molecule has 1 aromatic carbocycles. The molecule has 1 rings (SSSR count). The summed E-state index contributed by atoms with van der Waals surface area (Å²) in [5.74, 6) is 0.384. The minimum Gasteiger partial charge on any atom is -0.396 e. The number of rotatable bonds is 7. The van der Waals surface area contributed by atoms with Crippen molar-refractivity contribution in [3.63, 3.8) is 0 Å². The smallest absolute Gasteiger partial charge is 0.271 e. The zero-order valence-corrected chi connectivity index (χ0v) is 10.8. The van der Waals surface area contributed by atoms with Crippen LogP contribution < -0.4 is 5.32 Å². The van der Waals surface area contributed by atoms with Crippen LogP contribution in [0.1, 0.15) is 25.3 Å². The van der Waals surface area contributed by atoms with Crippen LogP contribution in [0.5, 0.6) is 0 Å². The number of benzene rings is 1. The van der Waals surface area contributed by atoms with E-state index in [9.17, 15) is 10.1 Å². The summed E-state index contributed by atoms with van der Waals surface area (Å²) in [6.45, 7) is 4.80. The summed E-state index contributed by atoms with van der Waals surface area (Å²) in [5.41, 5.74) is 1.73. The lowest BCUT2D eigenvalue weighted by molar-refractivity contribution is -0.384. The first kappa shape index (κ1) is 14.4. The lowest BCUT2D eigenvalue weighted by Crippen LogP contribution is -2.15. The van der Waals surface area contributed by atoms with Crippen LogP contribution in [0.4, 0.5) is 11.4 Å². The Hall–Kier alpha value is -1.62. The Labute approximate surface area is 107 Å². The van der Waals surface area contributed by atoms with Crippen LogP contribution in [-0.2, 0) is 0 Å². The molecule has 1 unspecified atom stereocenters. The predicted octanol–water partition coefficient (Wildman–Crippen LogP) is 2.72. The summed E-state index contributed by atoms with van der Waals surface area (Å²) in [6, 6.07) is 4.98. The van der Waals surface area contributed by atoms with E-state index < -0.39 is 0 Å². The van der Waals surface area contributed by atoms with Gasteiger partial charge in [-0.2, -0.15) is 0 Å². The summed E-state index contributed by atoms with van der Waals surface area (Å²) in [5, 5.41) is 22.9. The van der Waals surface area contributed by atoms with Crippen LogP contribution in [0, 0.1) is 23.0 Å². The molecule has 1 aromatic rings. The van der Waals surface area contributed by atoms with Gasteiger partial charge in [0, 0.05) is 31.0 Å². The van der Waals surface area contributed by atoms with Gasteiger partial charge < -0.3 is 10.4 Å². The molecule has 1 atom stereocenters. The maximum Gasteiger partial charge on any atom is 0.271 e. The monoisotopic (exact) mass is 252 g/mol. The number of non-ortho nitro benzene ring substituents is 1. The van der Waals surface area contributed by atoms with Gasteiger partial charge in [-0.05, 0) is 30.9 Å². The van der Waals surface area contributed by atoms with Crippen LogP contribution in [0.2, 0.25) is 0 Å². The number of aliphatic hydroxyl groups excluding tert-OH is 1. The van der Waals surface area contributed by atoms with E-state index in [-0.39, 0.29) is 17.2 Å². The van der Waals surface area contributed by atoms with E-state index in [1.54, 1.807) is 12.1 Å².